The van der Waals surface area contributed by atoms with Gasteiger partial charge in [-0.15, -0.1) is 0 Å². The monoisotopic (exact) mass is 243 g/mol. The third-order valence-corrected chi connectivity index (χ3v) is 4.68. The molecule has 1 aromatic carbocycles. The van der Waals surface area contributed by atoms with Gasteiger partial charge in [0.25, 0.3) is 6.64 Å². The maximum absolute atomic E-state index is 5.67. The maximum Gasteiger partial charge on any atom is 0.287 e. The van der Waals surface area contributed by atoms with Crippen molar-refractivity contribution in [1.82, 2.24) is 0 Å². The fraction of sp³-hybridized carbons (Fsp3) is 0.400. The highest BCUT2D eigenvalue weighted by Crippen LogP contribution is 2.52. The van der Waals surface area contributed by atoms with E-state index in [2.05, 4.69) is 5.09 Å². The number of hydrogen-bond donors (Lipinski definition) is 1. The molecule has 1 aromatic rings. The molecule has 0 aliphatic carbocycles. The lowest BCUT2D eigenvalue weighted by Gasteiger charge is -2.31. The molecule has 1 aliphatic heterocycles. The number of rotatable bonds is 2. The Bertz CT molecular complexity index is 371. The van der Waals surface area contributed by atoms with Crippen molar-refractivity contribution < 1.29 is 9.05 Å². The molecule has 1 N–H and O–H groups in total. The summed E-state index contributed by atoms with van der Waals surface area (Å²) >= 11 is 5.37. The first-order valence-electron chi connectivity index (χ1n) is 4.94. The SMILES string of the molecule is C[C@H]1CCO[P@@](=S)(Nc2ccccc2)O1. The molecule has 3 nitrogen and oxygen atoms in total. The summed E-state index contributed by atoms with van der Waals surface area (Å²) in [7, 11) is 0. The summed E-state index contributed by atoms with van der Waals surface area (Å²) in [5.41, 5.74) is 0.954. The molecule has 1 fully saturated rings. The molecule has 2 rings (SSSR count). The number of anilines is 1. The van der Waals surface area contributed by atoms with Gasteiger partial charge < -0.3 is 14.1 Å². The van der Waals surface area contributed by atoms with Crippen molar-refractivity contribution in [3.05, 3.63) is 30.3 Å². The zero-order chi connectivity index (χ0) is 10.7. The molecule has 5 heteroatoms. The molecule has 0 unspecified atom stereocenters. The van der Waals surface area contributed by atoms with E-state index in [1.165, 1.54) is 0 Å². The smallest absolute Gasteiger partial charge is 0.287 e. The van der Waals surface area contributed by atoms with Crippen molar-refractivity contribution in [2.75, 3.05) is 11.7 Å². The van der Waals surface area contributed by atoms with Crippen LogP contribution in [0.5, 0.6) is 0 Å². The Kier molecular flexibility index (Phi) is 3.42. The highest BCUT2D eigenvalue weighted by molar-refractivity contribution is 8.10. The summed E-state index contributed by atoms with van der Waals surface area (Å²) in [6.07, 6.45) is 1.09. The van der Waals surface area contributed by atoms with E-state index >= 15 is 0 Å². The Morgan fingerprint density at radius 3 is 2.80 bits per heavy atom. The molecular weight excluding hydrogens is 229 g/mol. The van der Waals surface area contributed by atoms with Gasteiger partial charge >= 0.3 is 0 Å². The Balaban J connectivity index is 2.07. The Morgan fingerprint density at radius 2 is 2.13 bits per heavy atom. The zero-order valence-corrected chi connectivity index (χ0v) is 10.3. The fourth-order valence-electron chi connectivity index (χ4n) is 1.39. The summed E-state index contributed by atoms with van der Waals surface area (Å²) in [5.74, 6) is 0. The molecule has 0 amide bonds. The lowest BCUT2D eigenvalue weighted by Crippen LogP contribution is -2.20. The van der Waals surface area contributed by atoms with Crippen molar-refractivity contribution in [2.24, 2.45) is 0 Å². The van der Waals surface area contributed by atoms with Gasteiger partial charge in [-0.1, -0.05) is 18.2 Å². The van der Waals surface area contributed by atoms with E-state index < -0.39 is 6.64 Å². The van der Waals surface area contributed by atoms with Gasteiger partial charge in [-0.25, -0.2) is 0 Å². The second-order valence-electron chi connectivity index (χ2n) is 3.51. The standard InChI is InChI=1S/C10H14NO2PS/c1-9-7-8-12-14(15,13-9)11-10-5-3-2-4-6-10/h2-6,9H,7-8H2,1H3,(H,11,15)/t9-,14-/m0/s1. The quantitative estimate of drug-likeness (QED) is 0.808. The predicted octanol–water partition coefficient (Wildman–Crippen LogP) is 3.15. The topological polar surface area (TPSA) is 30.5 Å². The first-order chi connectivity index (χ1) is 7.18. The molecule has 2 atom stereocenters. The van der Waals surface area contributed by atoms with Crippen molar-refractivity contribution in [3.63, 3.8) is 0 Å². The molecule has 0 bridgehead atoms. The van der Waals surface area contributed by atoms with Gasteiger partial charge in [-0.05, 0) is 37.3 Å². The average molecular weight is 243 g/mol. The minimum absolute atomic E-state index is 0.181. The van der Waals surface area contributed by atoms with Crippen LogP contribution in [0, 0.1) is 0 Å². The Labute approximate surface area is 95.0 Å². The van der Waals surface area contributed by atoms with Crippen LogP contribution in [0.4, 0.5) is 5.69 Å². The van der Waals surface area contributed by atoms with Gasteiger partial charge in [0.15, 0.2) is 0 Å². The maximum atomic E-state index is 5.67. The summed E-state index contributed by atoms with van der Waals surface area (Å²) < 4.78 is 11.2. The summed E-state index contributed by atoms with van der Waals surface area (Å²) in [5, 5.41) is 3.17. The minimum Gasteiger partial charge on any atom is -0.316 e. The molecule has 1 saturated heterocycles. The van der Waals surface area contributed by atoms with E-state index in [0.717, 1.165) is 12.1 Å². The average Bonchev–Trinajstić information content (AvgIpc) is 2.18. The summed E-state index contributed by atoms with van der Waals surface area (Å²) in [6.45, 7) is 0.395. The zero-order valence-electron chi connectivity index (χ0n) is 8.55. The first kappa shape index (κ1) is 11.1. The Hall–Kier alpha value is -0.410. The van der Waals surface area contributed by atoms with Gasteiger partial charge in [-0.2, -0.15) is 0 Å². The molecule has 15 heavy (non-hydrogen) atoms. The largest absolute Gasteiger partial charge is 0.316 e. The van der Waals surface area contributed by atoms with Gasteiger partial charge in [-0.3, -0.25) is 0 Å². The second-order valence-corrected chi connectivity index (χ2v) is 6.64. The normalized spacial score (nSPS) is 31.1. The van der Waals surface area contributed by atoms with Crippen LogP contribution in [0.3, 0.4) is 0 Å². The van der Waals surface area contributed by atoms with Gasteiger partial charge in [0.2, 0.25) is 0 Å². The molecule has 82 valence electrons. The molecule has 1 heterocycles. The third-order valence-electron chi connectivity index (χ3n) is 2.14. The van der Waals surface area contributed by atoms with Gasteiger partial charge in [0, 0.05) is 5.69 Å². The van der Waals surface area contributed by atoms with Crippen molar-refractivity contribution in [3.8, 4) is 0 Å². The minimum atomic E-state index is -2.31. The van der Waals surface area contributed by atoms with Crippen molar-refractivity contribution in [1.29, 1.82) is 0 Å². The molecular formula is C10H14NO2PS. The van der Waals surface area contributed by atoms with Crippen LogP contribution in [0.2, 0.25) is 0 Å². The van der Waals surface area contributed by atoms with Crippen LogP contribution in [0.1, 0.15) is 13.3 Å². The fourth-order valence-corrected chi connectivity index (χ4v) is 3.94. The summed E-state index contributed by atoms with van der Waals surface area (Å²) in [6, 6.07) is 9.79. The highest BCUT2D eigenvalue weighted by Gasteiger charge is 2.26. The lowest BCUT2D eigenvalue weighted by molar-refractivity contribution is 0.121. The van der Waals surface area contributed by atoms with Gasteiger partial charge in [0.1, 0.15) is 0 Å². The van der Waals surface area contributed by atoms with Gasteiger partial charge in [0.05, 0.1) is 12.7 Å². The van der Waals surface area contributed by atoms with Crippen LogP contribution >= 0.6 is 6.64 Å². The molecule has 0 aromatic heterocycles. The molecule has 0 saturated carbocycles. The highest BCUT2D eigenvalue weighted by atomic mass is 32.5. The molecule has 0 radical (unpaired) electrons. The second kappa shape index (κ2) is 4.62. The van der Waals surface area contributed by atoms with Crippen LogP contribution in [-0.2, 0) is 20.9 Å². The first-order valence-corrected chi connectivity index (χ1v) is 7.58. The van der Waals surface area contributed by atoms with Crippen molar-refractivity contribution >= 4 is 24.1 Å². The predicted molar refractivity (Wildman–Crippen MR) is 65.5 cm³/mol. The summed E-state index contributed by atoms with van der Waals surface area (Å²) in [4.78, 5) is 0. The van der Waals surface area contributed by atoms with E-state index in [1.54, 1.807) is 0 Å². The lowest BCUT2D eigenvalue weighted by atomic mass is 10.3. The van der Waals surface area contributed by atoms with E-state index in [4.69, 9.17) is 20.9 Å². The third kappa shape index (κ3) is 3.02. The number of nitrogens with one attached hydrogen (secondary N) is 1. The number of para-hydroxylation sites is 1. The number of hydrogen-bond acceptors (Lipinski definition) is 3. The van der Waals surface area contributed by atoms with E-state index in [1.807, 2.05) is 37.3 Å². The van der Waals surface area contributed by atoms with Crippen LogP contribution in [0.15, 0.2) is 30.3 Å². The van der Waals surface area contributed by atoms with E-state index in [-0.39, 0.29) is 6.10 Å². The van der Waals surface area contributed by atoms with Crippen molar-refractivity contribution in [2.45, 2.75) is 19.4 Å². The molecule has 1 aliphatic rings. The molecule has 0 spiro atoms. The van der Waals surface area contributed by atoms with Crippen LogP contribution in [-0.4, -0.2) is 12.7 Å². The van der Waals surface area contributed by atoms with E-state index in [9.17, 15) is 0 Å². The van der Waals surface area contributed by atoms with Crippen LogP contribution < -0.4 is 5.09 Å². The van der Waals surface area contributed by atoms with E-state index in [0.29, 0.717) is 6.61 Å². The Morgan fingerprint density at radius 1 is 1.40 bits per heavy atom. The number of benzene rings is 1. The van der Waals surface area contributed by atoms with Crippen LogP contribution in [0.25, 0.3) is 0 Å².